The van der Waals surface area contributed by atoms with Gasteiger partial charge in [0.05, 0.1) is 13.4 Å². The molecule has 0 amide bonds. The highest BCUT2D eigenvalue weighted by Gasteiger charge is 2.09. The molecule has 72 valence electrons. The second-order valence-electron chi connectivity index (χ2n) is 2.77. The molecule has 1 aromatic heterocycles. The van der Waals surface area contributed by atoms with Gasteiger partial charge in [-0.05, 0) is 28.1 Å². The summed E-state index contributed by atoms with van der Waals surface area (Å²) in [5, 5.41) is 0. The molecule has 14 heavy (non-hydrogen) atoms. The van der Waals surface area contributed by atoms with Crippen molar-refractivity contribution in [1.29, 1.82) is 0 Å². The Morgan fingerprint density at radius 3 is 2.79 bits per heavy atom. The lowest BCUT2D eigenvalue weighted by atomic mass is 10.1. The van der Waals surface area contributed by atoms with Crippen LogP contribution in [0.1, 0.15) is 0 Å². The molecule has 0 aliphatic heterocycles. The molecule has 4 heteroatoms. The molecule has 1 N–H and O–H groups in total. The average Bonchev–Trinajstić information content (AvgIpc) is 2.64. The Kier molecular flexibility index (Phi) is 2.54. The lowest BCUT2D eigenvalue weighted by Gasteiger charge is -2.05. The van der Waals surface area contributed by atoms with Gasteiger partial charge in [0.1, 0.15) is 16.0 Å². The summed E-state index contributed by atoms with van der Waals surface area (Å²) >= 11 is 3.39. The number of nitrogens with one attached hydrogen (secondary N) is 1. The molecule has 0 aliphatic carbocycles. The van der Waals surface area contributed by atoms with Gasteiger partial charge in [-0.1, -0.05) is 12.1 Å². The van der Waals surface area contributed by atoms with E-state index in [1.165, 1.54) is 0 Å². The molecule has 0 fully saturated rings. The number of ether oxygens (including phenoxy) is 1. The minimum Gasteiger partial charge on any atom is -0.496 e. The van der Waals surface area contributed by atoms with E-state index in [4.69, 9.17) is 4.74 Å². The van der Waals surface area contributed by atoms with Gasteiger partial charge in [-0.25, -0.2) is 4.98 Å². The van der Waals surface area contributed by atoms with Crippen molar-refractivity contribution in [1.82, 2.24) is 9.97 Å². The van der Waals surface area contributed by atoms with Gasteiger partial charge >= 0.3 is 0 Å². The van der Waals surface area contributed by atoms with Crippen molar-refractivity contribution in [3.63, 3.8) is 0 Å². The molecule has 0 saturated carbocycles. The Morgan fingerprint density at radius 1 is 1.36 bits per heavy atom. The highest BCUT2D eigenvalue weighted by Crippen LogP contribution is 2.31. The predicted molar refractivity (Wildman–Crippen MR) is 58.3 cm³/mol. The van der Waals surface area contributed by atoms with E-state index in [1.807, 2.05) is 24.3 Å². The van der Waals surface area contributed by atoms with Crippen molar-refractivity contribution in [3.05, 3.63) is 35.2 Å². The van der Waals surface area contributed by atoms with Gasteiger partial charge < -0.3 is 9.72 Å². The van der Waals surface area contributed by atoms with Gasteiger partial charge in [0.15, 0.2) is 0 Å². The zero-order chi connectivity index (χ0) is 9.97. The highest BCUT2D eigenvalue weighted by atomic mass is 79.9. The summed E-state index contributed by atoms with van der Waals surface area (Å²) in [4.78, 5) is 7.18. The summed E-state index contributed by atoms with van der Waals surface area (Å²) in [7, 11) is 1.65. The summed E-state index contributed by atoms with van der Waals surface area (Å²) in [6, 6.07) is 7.78. The fourth-order valence-electron chi connectivity index (χ4n) is 1.31. The number of aromatic amines is 1. The zero-order valence-electron chi connectivity index (χ0n) is 7.62. The van der Waals surface area contributed by atoms with Crippen LogP contribution >= 0.6 is 15.9 Å². The van der Waals surface area contributed by atoms with Crippen LogP contribution < -0.4 is 4.74 Å². The monoisotopic (exact) mass is 252 g/mol. The van der Waals surface area contributed by atoms with Crippen molar-refractivity contribution >= 4 is 15.9 Å². The molecule has 2 aromatic rings. The number of methoxy groups -OCH3 is 1. The molecule has 0 spiro atoms. The Bertz CT molecular complexity index is 439. The molecule has 0 aliphatic rings. The van der Waals surface area contributed by atoms with E-state index >= 15 is 0 Å². The minimum atomic E-state index is 0.820. The van der Waals surface area contributed by atoms with Crippen molar-refractivity contribution in [3.8, 4) is 17.0 Å². The number of imidazole rings is 1. The quantitative estimate of drug-likeness (QED) is 0.893. The summed E-state index contributed by atoms with van der Waals surface area (Å²) in [6.45, 7) is 0. The number of rotatable bonds is 2. The van der Waals surface area contributed by atoms with E-state index in [0.717, 1.165) is 21.6 Å². The van der Waals surface area contributed by atoms with Crippen LogP contribution in [0.15, 0.2) is 35.2 Å². The van der Waals surface area contributed by atoms with Crippen molar-refractivity contribution in [2.75, 3.05) is 7.11 Å². The largest absolute Gasteiger partial charge is 0.496 e. The second-order valence-corrected chi connectivity index (χ2v) is 3.56. The first-order valence-electron chi connectivity index (χ1n) is 4.15. The standard InChI is InChI=1S/C10H9BrN2O/c1-14-8-5-3-2-4-7(8)9-10(11)13-6-12-9/h2-6H,1H3,(H,12,13). The number of H-pyrrole nitrogens is 1. The number of halogens is 1. The van der Waals surface area contributed by atoms with Crippen LogP contribution in [0.2, 0.25) is 0 Å². The summed E-state index contributed by atoms with van der Waals surface area (Å²) < 4.78 is 6.11. The summed E-state index contributed by atoms with van der Waals surface area (Å²) in [5.74, 6) is 0.820. The average molecular weight is 253 g/mol. The molecular formula is C10H9BrN2O. The van der Waals surface area contributed by atoms with Gasteiger partial charge in [0, 0.05) is 5.56 Å². The molecule has 0 saturated heterocycles. The lowest BCUT2D eigenvalue weighted by molar-refractivity contribution is 0.416. The van der Waals surface area contributed by atoms with Crippen molar-refractivity contribution < 1.29 is 4.74 Å². The Balaban J connectivity index is 2.56. The Hall–Kier alpha value is -1.29. The Morgan fingerprint density at radius 2 is 2.14 bits per heavy atom. The van der Waals surface area contributed by atoms with E-state index in [-0.39, 0.29) is 0 Å². The van der Waals surface area contributed by atoms with Crippen LogP contribution in [0.4, 0.5) is 0 Å². The minimum absolute atomic E-state index is 0.820. The predicted octanol–water partition coefficient (Wildman–Crippen LogP) is 2.85. The zero-order valence-corrected chi connectivity index (χ0v) is 9.21. The molecule has 2 rings (SSSR count). The van der Waals surface area contributed by atoms with Gasteiger partial charge in [0.25, 0.3) is 0 Å². The van der Waals surface area contributed by atoms with E-state index in [1.54, 1.807) is 13.4 Å². The molecular weight excluding hydrogens is 244 g/mol. The maximum atomic E-state index is 5.25. The first-order chi connectivity index (χ1) is 6.83. The number of benzene rings is 1. The molecule has 0 atom stereocenters. The van der Waals surface area contributed by atoms with Gasteiger partial charge in [-0.15, -0.1) is 0 Å². The normalized spacial score (nSPS) is 10.1. The second kappa shape index (κ2) is 3.84. The van der Waals surface area contributed by atoms with Crippen LogP contribution in [0, 0.1) is 0 Å². The fourth-order valence-corrected chi connectivity index (χ4v) is 1.72. The smallest absolute Gasteiger partial charge is 0.128 e. The third-order valence-electron chi connectivity index (χ3n) is 1.95. The van der Waals surface area contributed by atoms with E-state index < -0.39 is 0 Å². The third-order valence-corrected chi connectivity index (χ3v) is 2.56. The number of para-hydroxylation sites is 1. The number of hydrogen-bond acceptors (Lipinski definition) is 2. The number of nitrogens with zero attached hydrogens (tertiary/aromatic N) is 1. The van der Waals surface area contributed by atoms with Crippen LogP contribution in [-0.2, 0) is 0 Å². The molecule has 3 nitrogen and oxygen atoms in total. The highest BCUT2D eigenvalue weighted by molar-refractivity contribution is 9.10. The third kappa shape index (κ3) is 1.53. The summed E-state index contributed by atoms with van der Waals surface area (Å²) in [6.07, 6.45) is 1.64. The molecule has 0 radical (unpaired) electrons. The van der Waals surface area contributed by atoms with Crippen molar-refractivity contribution in [2.24, 2.45) is 0 Å². The van der Waals surface area contributed by atoms with Gasteiger partial charge in [-0.3, -0.25) is 0 Å². The SMILES string of the molecule is COc1ccccc1-c1nc[nH]c1Br. The van der Waals surface area contributed by atoms with Crippen molar-refractivity contribution in [2.45, 2.75) is 0 Å². The lowest BCUT2D eigenvalue weighted by Crippen LogP contribution is -1.87. The molecule has 0 unspecified atom stereocenters. The van der Waals surface area contributed by atoms with E-state index in [9.17, 15) is 0 Å². The van der Waals surface area contributed by atoms with Crippen LogP contribution in [0.5, 0.6) is 5.75 Å². The van der Waals surface area contributed by atoms with E-state index in [0.29, 0.717) is 0 Å². The van der Waals surface area contributed by atoms with Gasteiger partial charge in [-0.2, -0.15) is 0 Å². The maximum Gasteiger partial charge on any atom is 0.128 e. The summed E-state index contributed by atoms with van der Waals surface area (Å²) in [5.41, 5.74) is 1.84. The molecule has 1 aromatic carbocycles. The van der Waals surface area contributed by atoms with Gasteiger partial charge in [0.2, 0.25) is 0 Å². The number of hydrogen-bond donors (Lipinski definition) is 1. The van der Waals surface area contributed by atoms with Crippen LogP contribution in [0.3, 0.4) is 0 Å². The number of aromatic nitrogens is 2. The molecule has 1 heterocycles. The Labute approximate surface area is 90.3 Å². The first-order valence-corrected chi connectivity index (χ1v) is 4.94. The van der Waals surface area contributed by atoms with E-state index in [2.05, 4.69) is 25.9 Å². The van der Waals surface area contributed by atoms with Crippen LogP contribution in [-0.4, -0.2) is 17.1 Å². The topological polar surface area (TPSA) is 37.9 Å². The van der Waals surface area contributed by atoms with Crippen LogP contribution in [0.25, 0.3) is 11.3 Å². The fraction of sp³-hybridized carbons (Fsp3) is 0.100. The molecule has 0 bridgehead atoms. The first kappa shape index (κ1) is 9.27. The maximum absolute atomic E-state index is 5.25.